The smallest absolute Gasteiger partial charge is 0.255 e. The predicted octanol–water partition coefficient (Wildman–Crippen LogP) is 3.40. The normalized spacial score (nSPS) is 20.7. The Kier molecular flexibility index (Phi) is 3.83. The van der Waals surface area contributed by atoms with Crippen LogP contribution in [0.2, 0.25) is 5.02 Å². The lowest BCUT2D eigenvalue weighted by atomic mass is 9.91. The van der Waals surface area contributed by atoms with Gasteiger partial charge in [-0.3, -0.25) is 9.69 Å². The molecule has 118 valence electrons. The minimum absolute atomic E-state index is 0.0401. The van der Waals surface area contributed by atoms with Crippen LogP contribution in [0.5, 0.6) is 0 Å². The molecule has 1 amide bonds. The van der Waals surface area contributed by atoms with Crippen molar-refractivity contribution in [3.05, 3.63) is 70.2 Å². The lowest BCUT2D eigenvalue weighted by molar-refractivity contribution is 0.0454. The number of halogens is 1. The maximum Gasteiger partial charge on any atom is 0.255 e. The van der Waals surface area contributed by atoms with Crippen LogP contribution in [0.4, 0.5) is 0 Å². The molecule has 1 unspecified atom stereocenters. The van der Waals surface area contributed by atoms with Crippen LogP contribution in [0.3, 0.4) is 0 Å². The number of hydrogen-bond donors (Lipinski definition) is 0. The molecule has 4 heteroatoms. The van der Waals surface area contributed by atoms with Gasteiger partial charge >= 0.3 is 0 Å². The van der Waals surface area contributed by atoms with Gasteiger partial charge in [0.15, 0.2) is 0 Å². The molecule has 4 rings (SSSR count). The minimum Gasteiger partial charge on any atom is -0.335 e. The first-order valence-corrected chi connectivity index (χ1v) is 8.47. The minimum atomic E-state index is 0.0401. The molecule has 2 heterocycles. The van der Waals surface area contributed by atoms with Crippen molar-refractivity contribution in [1.29, 1.82) is 0 Å². The Bertz CT molecular complexity index is 746. The number of nitrogens with zero attached hydrogens (tertiary/aromatic N) is 2. The molecule has 0 aliphatic carbocycles. The first-order chi connectivity index (χ1) is 11.2. The lowest BCUT2D eigenvalue weighted by Gasteiger charge is -2.45. The summed E-state index contributed by atoms with van der Waals surface area (Å²) in [6.07, 6.45) is 1.10. The molecule has 1 atom stereocenters. The lowest BCUT2D eigenvalue weighted by Crippen LogP contribution is -2.52. The molecule has 0 spiro atoms. The van der Waals surface area contributed by atoms with Crippen molar-refractivity contribution < 1.29 is 4.79 Å². The van der Waals surface area contributed by atoms with Crippen molar-refractivity contribution in [2.75, 3.05) is 26.2 Å². The van der Waals surface area contributed by atoms with E-state index in [2.05, 4.69) is 29.2 Å². The highest BCUT2D eigenvalue weighted by atomic mass is 35.5. The molecule has 2 aliphatic heterocycles. The summed E-state index contributed by atoms with van der Waals surface area (Å²) in [4.78, 5) is 17.3. The van der Waals surface area contributed by atoms with E-state index in [1.807, 2.05) is 23.1 Å². The van der Waals surface area contributed by atoms with Crippen LogP contribution in [-0.2, 0) is 6.42 Å². The van der Waals surface area contributed by atoms with Crippen molar-refractivity contribution in [3.8, 4) is 0 Å². The second kappa shape index (κ2) is 5.99. The van der Waals surface area contributed by atoms with Crippen molar-refractivity contribution in [1.82, 2.24) is 9.80 Å². The molecule has 0 aromatic heterocycles. The summed E-state index contributed by atoms with van der Waals surface area (Å²) < 4.78 is 0. The third kappa shape index (κ3) is 2.64. The van der Waals surface area contributed by atoms with Gasteiger partial charge in [-0.05, 0) is 29.7 Å². The van der Waals surface area contributed by atoms with Crippen LogP contribution < -0.4 is 0 Å². The van der Waals surface area contributed by atoms with E-state index < -0.39 is 0 Å². The summed E-state index contributed by atoms with van der Waals surface area (Å²) in [5.41, 5.74) is 3.39. The average Bonchev–Trinajstić information content (AvgIpc) is 2.61. The van der Waals surface area contributed by atoms with Crippen molar-refractivity contribution >= 4 is 17.5 Å². The first-order valence-electron chi connectivity index (χ1n) is 8.10. The quantitative estimate of drug-likeness (QED) is 0.802. The van der Waals surface area contributed by atoms with E-state index >= 15 is 0 Å². The summed E-state index contributed by atoms with van der Waals surface area (Å²) in [6, 6.07) is 16.2. The summed E-state index contributed by atoms with van der Waals surface area (Å²) in [5, 5.41) is 0.531. The molecule has 0 radical (unpaired) electrons. The zero-order valence-corrected chi connectivity index (χ0v) is 13.7. The Morgan fingerprint density at radius 2 is 1.78 bits per heavy atom. The number of carbonyl (C=O) groups is 1. The standard InChI is InChI=1S/C19H19ClN2O/c20-17-8-4-3-7-16(17)19(23)22-12-11-21-10-9-14-5-1-2-6-15(14)18(21)13-22/h1-8,18H,9-13H2. The van der Waals surface area contributed by atoms with Gasteiger partial charge in [-0.2, -0.15) is 0 Å². The van der Waals surface area contributed by atoms with Gasteiger partial charge in [0.1, 0.15) is 0 Å². The van der Waals surface area contributed by atoms with E-state index in [1.165, 1.54) is 11.1 Å². The van der Waals surface area contributed by atoms with Gasteiger partial charge in [0, 0.05) is 26.2 Å². The zero-order valence-electron chi connectivity index (χ0n) is 12.9. The summed E-state index contributed by atoms with van der Waals surface area (Å²) in [7, 11) is 0. The molecule has 3 nitrogen and oxygen atoms in total. The van der Waals surface area contributed by atoms with Crippen LogP contribution >= 0.6 is 11.6 Å². The van der Waals surface area contributed by atoms with Gasteiger partial charge < -0.3 is 4.90 Å². The highest BCUT2D eigenvalue weighted by Crippen LogP contribution is 2.33. The molecule has 1 saturated heterocycles. The van der Waals surface area contributed by atoms with Crippen LogP contribution in [-0.4, -0.2) is 41.9 Å². The van der Waals surface area contributed by atoms with Crippen LogP contribution in [0.25, 0.3) is 0 Å². The Morgan fingerprint density at radius 3 is 2.65 bits per heavy atom. The van der Waals surface area contributed by atoms with Crippen molar-refractivity contribution in [2.24, 2.45) is 0 Å². The van der Waals surface area contributed by atoms with Crippen molar-refractivity contribution in [2.45, 2.75) is 12.5 Å². The molecule has 0 bridgehead atoms. The van der Waals surface area contributed by atoms with E-state index in [9.17, 15) is 4.79 Å². The van der Waals surface area contributed by atoms with Gasteiger partial charge in [0.05, 0.1) is 16.6 Å². The fourth-order valence-electron chi connectivity index (χ4n) is 3.72. The largest absolute Gasteiger partial charge is 0.335 e. The Balaban J connectivity index is 1.61. The summed E-state index contributed by atoms with van der Waals surface area (Å²) >= 11 is 6.20. The summed E-state index contributed by atoms with van der Waals surface area (Å²) in [6.45, 7) is 3.51. The van der Waals surface area contributed by atoms with Crippen LogP contribution in [0.1, 0.15) is 27.5 Å². The molecule has 2 aliphatic rings. The molecule has 23 heavy (non-hydrogen) atoms. The monoisotopic (exact) mass is 326 g/mol. The highest BCUT2D eigenvalue weighted by Gasteiger charge is 2.34. The fraction of sp³-hybridized carbons (Fsp3) is 0.316. The fourth-order valence-corrected chi connectivity index (χ4v) is 3.94. The summed E-state index contributed by atoms with van der Waals surface area (Å²) in [5.74, 6) is 0.0401. The van der Waals surface area contributed by atoms with E-state index in [0.29, 0.717) is 16.6 Å². The number of carbonyl (C=O) groups excluding carboxylic acids is 1. The zero-order chi connectivity index (χ0) is 15.8. The second-order valence-corrected chi connectivity index (χ2v) is 6.64. The number of amides is 1. The maximum absolute atomic E-state index is 12.8. The molecular weight excluding hydrogens is 308 g/mol. The Labute approximate surface area is 141 Å². The molecule has 1 fully saturated rings. The predicted molar refractivity (Wildman–Crippen MR) is 91.8 cm³/mol. The number of fused-ring (bicyclic) bond motifs is 3. The Morgan fingerprint density at radius 1 is 1.00 bits per heavy atom. The first kappa shape index (κ1) is 14.7. The maximum atomic E-state index is 12.8. The van der Waals surface area contributed by atoms with Gasteiger partial charge in [-0.25, -0.2) is 0 Å². The highest BCUT2D eigenvalue weighted by molar-refractivity contribution is 6.33. The molecule has 0 saturated carbocycles. The van der Waals surface area contributed by atoms with Gasteiger partial charge in [-0.15, -0.1) is 0 Å². The molecule has 2 aromatic carbocycles. The molecule has 0 N–H and O–H groups in total. The van der Waals surface area contributed by atoms with Gasteiger partial charge in [-0.1, -0.05) is 48.0 Å². The Hall–Kier alpha value is -1.84. The van der Waals surface area contributed by atoms with Gasteiger partial charge in [0.25, 0.3) is 5.91 Å². The van der Waals surface area contributed by atoms with Crippen molar-refractivity contribution in [3.63, 3.8) is 0 Å². The van der Waals surface area contributed by atoms with Gasteiger partial charge in [0.2, 0.25) is 0 Å². The number of benzene rings is 2. The molecular formula is C19H19ClN2O. The number of hydrogen-bond acceptors (Lipinski definition) is 2. The van der Waals surface area contributed by atoms with Crippen LogP contribution in [0.15, 0.2) is 48.5 Å². The van der Waals surface area contributed by atoms with E-state index in [4.69, 9.17) is 11.6 Å². The third-order valence-corrected chi connectivity index (χ3v) is 5.29. The second-order valence-electron chi connectivity index (χ2n) is 6.23. The third-order valence-electron chi connectivity index (χ3n) is 4.97. The van der Waals surface area contributed by atoms with E-state index in [1.54, 1.807) is 6.07 Å². The number of rotatable bonds is 1. The van der Waals surface area contributed by atoms with E-state index in [-0.39, 0.29) is 5.91 Å². The SMILES string of the molecule is O=C(c1ccccc1Cl)N1CCN2CCc3ccccc3C2C1. The van der Waals surface area contributed by atoms with Crippen LogP contribution in [0, 0.1) is 0 Å². The molecule has 2 aromatic rings. The average molecular weight is 327 g/mol. The van der Waals surface area contributed by atoms with E-state index in [0.717, 1.165) is 32.6 Å². The number of piperazine rings is 1. The topological polar surface area (TPSA) is 23.6 Å².